The van der Waals surface area contributed by atoms with E-state index in [0.717, 1.165) is 11.1 Å². The number of nitrogens with one attached hydrogen (secondary N) is 1. The van der Waals surface area contributed by atoms with Crippen LogP contribution in [0.2, 0.25) is 0 Å². The number of hydrogen-bond donors (Lipinski definition) is 1. The minimum absolute atomic E-state index is 0.00828. The zero-order chi connectivity index (χ0) is 19.1. The second-order valence-corrected chi connectivity index (χ2v) is 6.16. The molecule has 2 aromatic rings. The van der Waals surface area contributed by atoms with E-state index in [4.69, 9.17) is 4.74 Å². The largest absolute Gasteiger partial charge is 0.483 e. The SMILES string of the molecule is CCN(CC)C(=O)c1ccc(NC(=O)COc2ccc(C)cc2C)cc1. The molecule has 0 saturated heterocycles. The van der Waals surface area contributed by atoms with Crippen LogP contribution in [-0.2, 0) is 4.79 Å². The summed E-state index contributed by atoms with van der Waals surface area (Å²) in [6, 6.07) is 12.7. The number of benzene rings is 2. The highest BCUT2D eigenvalue weighted by atomic mass is 16.5. The summed E-state index contributed by atoms with van der Waals surface area (Å²) in [5.41, 5.74) is 3.39. The summed E-state index contributed by atoms with van der Waals surface area (Å²) in [7, 11) is 0. The molecule has 0 saturated carbocycles. The number of aryl methyl sites for hydroxylation is 2. The van der Waals surface area contributed by atoms with Crippen molar-refractivity contribution in [3.63, 3.8) is 0 Å². The van der Waals surface area contributed by atoms with Crippen molar-refractivity contribution in [1.82, 2.24) is 4.90 Å². The smallest absolute Gasteiger partial charge is 0.262 e. The summed E-state index contributed by atoms with van der Waals surface area (Å²) >= 11 is 0. The lowest BCUT2D eigenvalue weighted by Gasteiger charge is -2.18. The molecule has 2 rings (SSSR count). The molecule has 2 aromatic carbocycles. The number of nitrogens with zero attached hydrogens (tertiary/aromatic N) is 1. The normalized spacial score (nSPS) is 10.3. The highest BCUT2D eigenvalue weighted by Crippen LogP contribution is 2.18. The van der Waals surface area contributed by atoms with E-state index < -0.39 is 0 Å². The molecule has 26 heavy (non-hydrogen) atoms. The van der Waals surface area contributed by atoms with Crippen molar-refractivity contribution >= 4 is 17.5 Å². The fourth-order valence-corrected chi connectivity index (χ4v) is 2.69. The summed E-state index contributed by atoms with van der Waals surface area (Å²) in [4.78, 5) is 26.1. The monoisotopic (exact) mass is 354 g/mol. The average molecular weight is 354 g/mol. The quantitative estimate of drug-likeness (QED) is 0.823. The zero-order valence-corrected chi connectivity index (χ0v) is 15.8. The maximum absolute atomic E-state index is 12.3. The topological polar surface area (TPSA) is 58.6 Å². The Morgan fingerprint density at radius 2 is 1.65 bits per heavy atom. The van der Waals surface area contributed by atoms with E-state index in [2.05, 4.69) is 5.32 Å². The Kier molecular flexibility index (Phi) is 6.78. The predicted octanol–water partition coefficient (Wildman–Crippen LogP) is 3.80. The van der Waals surface area contributed by atoms with Gasteiger partial charge in [0.2, 0.25) is 0 Å². The van der Waals surface area contributed by atoms with E-state index in [1.54, 1.807) is 29.2 Å². The molecule has 0 radical (unpaired) electrons. The number of hydrogen-bond acceptors (Lipinski definition) is 3. The lowest BCUT2D eigenvalue weighted by atomic mass is 10.1. The average Bonchev–Trinajstić information content (AvgIpc) is 2.62. The van der Waals surface area contributed by atoms with Crippen molar-refractivity contribution in [3.8, 4) is 5.75 Å². The molecule has 0 spiro atoms. The van der Waals surface area contributed by atoms with Crippen LogP contribution in [0.25, 0.3) is 0 Å². The van der Waals surface area contributed by atoms with Gasteiger partial charge in [0.05, 0.1) is 0 Å². The maximum Gasteiger partial charge on any atom is 0.262 e. The van der Waals surface area contributed by atoms with Crippen LogP contribution in [0.5, 0.6) is 5.75 Å². The molecule has 1 N–H and O–H groups in total. The molecule has 138 valence electrons. The van der Waals surface area contributed by atoms with E-state index >= 15 is 0 Å². The number of ether oxygens (including phenoxy) is 1. The number of carbonyl (C=O) groups is 2. The Morgan fingerprint density at radius 3 is 2.23 bits per heavy atom. The van der Waals surface area contributed by atoms with Gasteiger partial charge in [-0.3, -0.25) is 9.59 Å². The van der Waals surface area contributed by atoms with Gasteiger partial charge in [-0.15, -0.1) is 0 Å². The molecule has 0 aromatic heterocycles. The third-order valence-electron chi connectivity index (χ3n) is 4.16. The first-order valence-electron chi connectivity index (χ1n) is 8.83. The molecule has 0 aliphatic heterocycles. The van der Waals surface area contributed by atoms with Crippen LogP contribution in [0.4, 0.5) is 5.69 Å². The van der Waals surface area contributed by atoms with Gasteiger partial charge < -0.3 is 15.0 Å². The molecule has 0 atom stereocenters. The van der Waals surface area contributed by atoms with Gasteiger partial charge in [-0.1, -0.05) is 17.7 Å². The first-order valence-corrected chi connectivity index (χ1v) is 8.83. The van der Waals surface area contributed by atoms with Gasteiger partial charge in [-0.2, -0.15) is 0 Å². The van der Waals surface area contributed by atoms with E-state index in [1.807, 2.05) is 45.9 Å². The Hall–Kier alpha value is -2.82. The lowest BCUT2D eigenvalue weighted by Crippen LogP contribution is -2.30. The van der Waals surface area contributed by atoms with Crippen molar-refractivity contribution in [2.75, 3.05) is 25.0 Å². The van der Waals surface area contributed by atoms with Gasteiger partial charge in [0, 0.05) is 24.3 Å². The fourth-order valence-electron chi connectivity index (χ4n) is 2.69. The first-order chi connectivity index (χ1) is 12.4. The van der Waals surface area contributed by atoms with Crippen molar-refractivity contribution in [2.24, 2.45) is 0 Å². The number of amides is 2. The van der Waals surface area contributed by atoms with E-state index in [1.165, 1.54) is 0 Å². The molecule has 0 aliphatic rings. The summed E-state index contributed by atoms with van der Waals surface area (Å²) in [5, 5.41) is 2.78. The van der Waals surface area contributed by atoms with Crippen LogP contribution in [0.15, 0.2) is 42.5 Å². The van der Waals surface area contributed by atoms with Crippen LogP contribution >= 0.6 is 0 Å². The minimum atomic E-state index is -0.243. The fraction of sp³-hybridized carbons (Fsp3) is 0.333. The van der Waals surface area contributed by atoms with Gasteiger partial charge in [-0.25, -0.2) is 0 Å². The standard InChI is InChI=1S/C21H26N2O3/c1-5-23(6-2)21(25)17-8-10-18(11-9-17)22-20(24)14-26-19-12-7-15(3)13-16(19)4/h7-13H,5-6,14H2,1-4H3,(H,22,24). The molecule has 5 nitrogen and oxygen atoms in total. The summed E-state index contributed by atoms with van der Waals surface area (Å²) in [6.07, 6.45) is 0. The van der Waals surface area contributed by atoms with Crippen molar-refractivity contribution in [3.05, 3.63) is 59.2 Å². The van der Waals surface area contributed by atoms with Crippen LogP contribution in [0, 0.1) is 13.8 Å². The predicted molar refractivity (Wildman–Crippen MR) is 104 cm³/mol. The van der Waals surface area contributed by atoms with Crippen molar-refractivity contribution in [1.29, 1.82) is 0 Å². The third-order valence-corrected chi connectivity index (χ3v) is 4.16. The van der Waals surface area contributed by atoms with Gasteiger partial charge in [0.1, 0.15) is 5.75 Å². The highest BCUT2D eigenvalue weighted by molar-refractivity contribution is 5.96. The third kappa shape index (κ3) is 5.09. The molecule has 0 heterocycles. The molecule has 0 bridgehead atoms. The molecular formula is C21H26N2O3. The van der Waals surface area contributed by atoms with Gasteiger partial charge in [0.25, 0.3) is 11.8 Å². The molecule has 0 fully saturated rings. The van der Waals surface area contributed by atoms with Crippen LogP contribution in [0.1, 0.15) is 35.3 Å². The van der Waals surface area contributed by atoms with Crippen molar-refractivity contribution < 1.29 is 14.3 Å². The zero-order valence-electron chi connectivity index (χ0n) is 15.8. The first kappa shape index (κ1) is 19.5. The summed E-state index contributed by atoms with van der Waals surface area (Å²) in [5.74, 6) is 0.449. The molecular weight excluding hydrogens is 328 g/mol. The summed E-state index contributed by atoms with van der Waals surface area (Å²) in [6.45, 7) is 9.14. The maximum atomic E-state index is 12.3. The molecule has 5 heteroatoms. The molecule has 0 unspecified atom stereocenters. The highest BCUT2D eigenvalue weighted by Gasteiger charge is 2.12. The van der Waals surface area contributed by atoms with Gasteiger partial charge >= 0.3 is 0 Å². The Labute approximate surface area is 155 Å². The number of anilines is 1. The van der Waals surface area contributed by atoms with Crippen LogP contribution in [0.3, 0.4) is 0 Å². The van der Waals surface area contributed by atoms with E-state index in [0.29, 0.717) is 30.1 Å². The summed E-state index contributed by atoms with van der Waals surface area (Å²) < 4.78 is 5.58. The molecule has 2 amide bonds. The van der Waals surface area contributed by atoms with E-state index in [9.17, 15) is 9.59 Å². The minimum Gasteiger partial charge on any atom is -0.483 e. The lowest BCUT2D eigenvalue weighted by molar-refractivity contribution is -0.118. The second-order valence-electron chi connectivity index (χ2n) is 6.16. The Morgan fingerprint density at radius 1 is 1.00 bits per heavy atom. The number of rotatable bonds is 7. The second kappa shape index (κ2) is 9.04. The van der Waals surface area contributed by atoms with E-state index in [-0.39, 0.29) is 18.4 Å². The van der Waals surface area contributed by atoms with Crippen molar-refractivity contribution in [2.45, 2.75) is 27.7 Å². The Bertz CT molecular complexity index is 765. The van der Waals surface area contributed by atoms with Gasteiger partial charge in [0.15, 0.2) is 6.61 Å². The van der Waals surface area contributed by atoms with Gasteiger partial charge in [-0.05, 0) is 63.6 Å². The number of carbonyl (C=O) groups excluding carboxylic acids is 2. The molecule has 0 aliphatic carbocycles. The van der Waals surface area contributed by atoms with Crippen LogP contribution in [-0.4, -0.2) is 36.4 Å². The van der Waals surface area contributed by atoms with Crippen LogP contribution < -0.4 is 10.1 Å². The Balaban J connectivity index is 1.92.